The lowest BCUT2D eigenvalue weighted by Crippen LogP contribution is -2.18. The second-order valence-electron chi connectivity index (χ2n) is 6.48. The molecule has 0 fully saturated rings. The van der Waals surface area contributed by atoms with Crippen LogP contribution in [0.1, 0.15) is 0 Å². The van der Waals surface area contributed by atoms with Crippen LogP contribution in [-0.4, -0.2) is 17.6 Å². The maximum Gasteiger partial charge on any atom is 0.244 e. The SMILES string of the molecule is COc1ccc2c(ccn2CC(=O)Nc2ccc(Nc3ccccc3)cc2)c1. The van der Waals surface area contributed by atoms with Gasteiger partial charge in [0.05, 0.1) is 7.11 Å². The molecule has 0 bridgehead atoms. The van der Waals surface area contributed by atoms with Gasteiger partial charge in [0.25, 0.3) is 0 Å². The summed E-state index contributed by atoms with van der Waals surface area (Å²) in [5, 5.41) is 7.31. The molecule has 5 heteroatoms. The van der Waals surface area contributed by atoms with Gasteiger partial charge in [-0.15, -0.1) is 0 Å². The van der Waals surface area contributed by atoms with Gasteiger partial charge in [-0.25, -0.2) is 0 Å². The number of hydrogen-bond acceptors (Lipinski definition) is 3. The Bertz CT molecular complexity index is 1090. The van der Waals surface area contributed by atoms with Crippen LogP contribution in [0.25, 0.3) is 10.9 Å². The highest BCUT2D eigenvalue weighted by atomic mass is 16.5. The number of aromatic nitrogens is 1. The molecule has 0 aliphatic heterocycles. The predicted molar refractivity (Wildman–Crippen MR) is 113 cm³/mol. The topological polar surface area (TPSA) is 55.3 Å². The molecule has 28 heavy (non-hydrogen) atoms. The van der Waals surface area contributed by atoms with Crippen LogP contribution in [-0.2, 0) is 11.3 Å². The van der Waals surface area contributed by atoms with Crippen molar-refractivity contribution in [3.63, 3.8) is 0 Å². The predicted octanol–water partition coefficient (Wildman–Crippen LogP) is 5.03. The maximum absolute atomic E-state index is 12.5. The maximum atomic E-state index is 12.5. The van der Waals surface area contributed by atoms with Crippen LogP contribution in [0.5, 0.6) is 5.75 Å². The van der Waals surface area contributed by atoms with Crippen molar-refractivity contribution in [3.8, 4) is 5.75 Å². The highest BCUT2D eigenvalue weighted by Crippen LogP contribution is 2.22. The number of rotatable bonds is 6. The van der Waals surface area contributed by atoms with E-state index in [4.69, 9.17) is 4.74 Å². The van der Waals surface area contributed by atoms with Gasteiger partial charge in [-0.3, -0.25) is 4.79 Å². The third-order valence-corrected chi connectivity index (χ3v) is 4.52. The first-order valence-corrected chi connectivity index (χ1v) is 9.06. The van der Waals surface area contributed by atoms with Crippen LogP contribution in [0.15, 0.2) is 85.1 Å². The van der Waals surface area contributed by atoms with Crippen LogP contribution < -0.4 is 15.4 Å². The van der Waals surface area contributed by atoms with Crippen molar-refractivity contribution in [2.24, 2.45) is 0 Å². The Morgan fingerprint density at radius 2 is 1.61 bits per heavy atom. The van der Waals surface area contributed by atoms with Crippen molar-refractivity contribution in [2.75, 3.05) is 17.7 Å². The molecule has 4 aromatic rings. The number of amides is 1. The monoisotopic (exact) mass is 371 g/mol. The highest BCUT2D eigenvalue weighted by Gasteiger charge is 2.08. The zero-order valence-corrected chi connectivity index (χ0v) is 15.6. The van der Waals surface area contributed by atoms with E-state index in [1.807, 2.05) is 89.6 Å². The lowest BCUT2D eigenvalue weighted by Gasteiger charge is -2.10. The first-order chi connectivity index (χ1) is 13.7. The number of nitrogens with zero attached hydrogens (tertiary/aromatic N) is 1. The van der Waals surface area contributed by atoms with E-state index in [2.05, 4.69) is 10.6 Å². The summed E-state index contributed by atoms with van der Waals surface area (Å²) in [6.45, 7) is 0.250. The van der Waals surface area contributed by atoms with Gasteiger partial charge in [0.15, 0.2) is 0 Å². The first-order valence-electron chi connectivity index (χ1n) is 9.06. The average Bonchev–Trinajstić information content (AvgIpc) is 3.12. The molecular weight excluding hydrogens is 350 g/mol. The van der Waals surface area contributed by atoms with E-state index >= 15 is 0 Å². The normalized spacial score (nSPS) is 10.6. The van der Waals surface area contributed by atoms with E-state index < -0.39 is 0 Å². The minimum absolute atomic E-state index is 0.0721. The van der Waals surface area contributed by atoms with E-state index in [0.717, 1.165) is 33.7 Å². The summed E-state index contributed by atoms with van der Waals surface area (Å²) < 4.78 is 7.17. The molecule has 1 heterocycles. The van der Waals surface area contributed by atoms with Gasteiger partial charge in [0, 0.05) is 34.2 Å². The summed E-state index contributed by atoms with van der Waals surface area (Å²) in [4.78, 5) is 12.5. The summed E-state index contributed by atoms with van der Waals surface area (Å²) in [6.07, 6.45) is 1.91. The zero-order valence-electron chi connectivity index (χ0n) is 15.6. The van der Waals surface area contributed by atoms with Gasteiger partial charge in [0.2, 0.25) is 5.91 Å². The quantitative estimate of drug-likeness (QED) is 0.500. The van der Waals surface area contributed by atoms with E-state index in [-0.39, 0.29) is 12.5 Å². The van der Waals surface area contributed by atoms with E-state index in [1.165, 1.54) is 0 Å². The first kappa shape index (κ1) is 17.7. The Labute approximate surface area is 163 Å². The molecule has 0 unspecified atom stereocenters. The molecule has 0 aliphatic rings. The lowest BCUT2D eigenvalue weighted by atomic mass is 10.2. The van der Waals surface area contributed by atoms with Gasteiger partial charge >= 0.3 is 0 Å². The lowest BCUT2D eigenvalue weighted by molar-refractivity contribution is -0.116. The fourth-order valence-corrected chi connectivity index (χ4v) is 3.12. The zero-order chi connectivity index (χ0) is 19.3. The summed E-state index contributed by atoms with van der Waals surface area (Å²) in [5.74, 6) is 0.732. The van der Waals surface area contributed by atoms with Crippen molar-refractivity contribution >= 4 is 33.9 Å². The second-order valence-corrected chi connectivity index (χ2v) is 6.48. The Balaban J connectivity index is 1.40. The number of methoxy groups -OCH3 is 1. The number of anilines is 3. The fourth-order valence-electron chi connectivity index (χ4n) is 3.12. The van der Waals surface area contributed by atoms with Gasteiger partial charge in [-0.1, -0.05) is 18.2 Å². The molecule has 0 radical (unpaired) electrons. The number of ether oxygens (including phenoxy) is 1. The molecule has 1 aromatic heterocycles. The smallest absolute Gasteiger partial charge is 0.244 e. The number of nitrogens with one attached hydrogen (secondary N) is 2. The van der Waals surface area contributed by atoms with Gasteiger partial charge in [0.1, 0.15) is 12.3 Å². The second kappa shape index (κ2) is 7.88. The van der Waals surface area contributed by atoms with Crippen LogP contribution in [0.4, 0.5) is 17.1 Å². The Kier molecular flexibility index (Phi) is 4.97. The third-order valence-electron chi connectivity index (χ3n) is 4.52. The molecule has 4 rings (SSSR count). The minimum atomic E-state index is -0.0721. The van der Waals surface area contributed by atoms with Crippen molar-refractivity contribution in [1.82, 2.24) is 4.57 Å². The van der Waals surface area contributed by atoms with Crippen LogP contribution in [0.3, 0.4) is 0 Å². The summed E-state index contributed by atoms with van der Waals surface area (Å²) in [7, 11) is 1.65. The molecule has 5 nitrogen and oxygen atoms in total. The van der Waals surface area contributed by atoms with Crippen molar-refractivity contribution in [1.29, 1.82) is 0 Å². The molecule has 1 amide bonds. The molecular formula is C23H21N3O2. The molecule has 0 saturated carbocycles. The van der Waals surface area contributed by atoms with Gasteiger partial charge in [-0.2, -0.15) is 0 Å². The molecule has 0 aliphatic carbocycles. The molecule has 0 saturated heterocycles. The Hall–Kier alpha value is -3.73. The molecule has 0 atom stereocenters. The number of carbonyl (C=O) groups excluding carboxylic acids is 1. The summed E-state index contributed by atoms with van der Waals surface area (Å²) in [5.41, 5.74) is 3.75. The van der Waals surface area contributed by atoms with E-state index in [9.17, 15) is 4.79 Å². The molecule has 140 valence electrons. The fraction of sp³-hybridized carbons (Fsp3) is 0.0870. The van der Waals surface area contributed by atoms with Crippen LogP contribution in [0.2, 0.25) is 0 Å². The number of fused-ring (bicyclic) bond motifs is 1. The Morgan fingerprint density at radius 1 is 0.893 bits per heavy atom. The average molecular weight is 371 g/mol. The van der Waals surface area contributed by atoms with Crippen LogP contribution in [0, 0.1) is 0 Å². The number of carbonyl (C=O) groups is 1. The number of benzene rings is 3. The highest BCUT2D eigenvalue weighted by molar-refractivity contribution is 5.92. The van der Waals surface area contributed by atoms with Gasteiger partial charge in [-0.05, 0) is 60.7 Å². The van der Waals surface area contributed by atoms with Crippen LogP contribution >= 0.6 is 0 Å². The van der Waals surface area contributed by atoms with Crippen molar-refractivity contribution in [3.05, 3.63) is 85.1 Å². The van der Waals surface area contributed by atoms with E-state index in [0.29, 0.717) is 0 Å². The van der Waals surface area contributed by atoms with E-state index in [1.54, 1.807) is 7.11 Å². The molecule has 3 aromatic carbocycles. The molecule has 0 spiro atoms. The standard InChI is InChI=1S/C23H21N3O2/c1-28-21-11-12-22-17(15-21)13-14-26(22)16-23(27)25-20-9-7-19(8-10-20)24-18-5-3-2-4-6-18/h2-15,24H,16H2,1H3,(H,25,27). The van der Waals surface area contributed by atoms with Crippen molar-refractivity contribution < 1.29 is 9.53 Å². The largest absolute Gasteiger partial charge is 0.497 e. The summed E-state index contributed by atoms with van der Waals surface area (Å²) in [6, 6.07) is 25.4. The Morgan fingerprint density at radius 3 is 2.36 bits per heavy atom. The third kappa shape index (κ3) is 3.99. The van der Waals surface area contributed by atoms with Crippen molar-refractivity contribution in [2.45, 2.75) is 6.54 Å². The number of hydrogen-bond donors (Lipinski definition) is 2. The minimum Gasteiger partial charge on any atom is -0.497 e. The number of para-hydroxylation sites is 1. The van der Waals surface area contributed by atoms with Gasteiger partial charge < -0.3 is 19.9 Å². The summed E-state index contributed by atoms with van der Waals surface area (Å²) >= 11 is 0. The molecule has 2 N–H and O–H groups in total.